The summed E-state index contributed by atoms with van der Waals surface area (Å²) in [6, 6.07) is -0.436. The molecule has 0 aliphatic carbocycles. The fraction of sp³-hybridized carbons (Fsp3) is 0.889. The molecule has 1 aliphatic rings. The molecule has 3 nitrogen and oxygen atoms in total. The minimum absolute atomic E-state index is 0.260. The van der Waals surface area contributed by atoms with Gasteiger partial charge in [-0.05, 0) is 19.3 Å². The van der Waals surface area contributed by atoms with E-state index < -0.39 is 24.5 Å². The van der Waals surface area contributed by atoms with Crippen molar-refractivity contribution < 1.29 is 23.1 Å². The third-order valence-electron chi connectivity index (χ3n) is 2.51. The van der Waals surface area contributed by atoms with E-state index in [9.17, 15) is 18.0 Å². The predicted octanol–water partition coefficient (Wildman–Crippen LogP) is 1.31. The summed E-state index contributed by atoms with van der Waals surface area (Å²) < 4.78 is 35.9. The molecule has 1 atom stereocenters. The number of carbonyl (C=O) groups is 1. The Morgan fingerprint density at radius 1 is 1.40 bits per heavy atom. The first-order valence-corrected chi connectivity index (χ1v) is 4.91. The number of likely N-dealkylation sites (tertiary alicyclic amines) is 1. The lowest BCUT2D eigenvalue weighted by Gasteiger charge is -2.34. The lowest BCUT2D eigenvalue weighted by atomic mass is 10.0. The maximum atomic E-state index is 12.0. The standard InChI is InChI=1S/C9H14F3NO2/c10-9(11,12)5-8(15)13-4-2-1-3-7(13)6-14/h7,14H,1-6H2. The van der Waals surface area contributed by atoms with Crippen LogP contribution in [0.3, 0.4) is 0 Å². The van der Waals surface area contributed by atoms with Crippen molar-refractivity contribution in [1.29, 1.82) is 0 Å². The lowest BCUT2D eigenvalue weighted by Crippen LogP contribution is -2.46. The fourth-order valence-electron chi connectivity index (χ4n) is 1.79. The molecular formula is C9H14F3NO2. The smallest absolute Gasteiger partial charge is 0.394 e. The number of hydrogen-bond acceptors (Lipinski definition) is 2. The summed E-state index contributed by atoms with van der Waals surface area (Å²) in [5, 5.41) is 8.93. The highest BCUT2D eigenvalue weighted by Gasteiger charge is 2.36. The number of hydrogen-bond donors (Lipinski definition) is 1. The maximum absolute atomic E-state index is 12.0. The van der Waals surface area contributed by atoms with Crippen LogP contribution in [-0.4, -0.2) is 41.3 Å². The summed E-state index contributed by atoms with van der Waals surface area (Å²) in [6.45, 7) is 0.0593. The van der Waals surface area contributed by atoms with Crippen LogP contribution < -0.4 is 0 Å². The molecule has 1 aliphatic heterocycles. The van der Waals surface area contributed by atoms with E-state index in [0.29, 0.717) is 19.4 Å². The van der Waals surface area contributed by atoms with Gasteiger partial charge in [0.25, 0.3) is 0 Å². The van der Waals surface area contributed by atoms with E-state index in [2.05, 4.69) is 0 Å². The molecule has 1 amide bonds. The molecule has 1 N–H and O–H groups in total. The first-order valence-electron chi connectivity index (χ1n) is 4.91. The number of nitrogens with zero attached hydrogens (tertiary/aromatic N) is 1. The molecule has 1 heterocycles. The van der Waals surface area contributed by atoms with Gasteiger partial charge in [-0.2, -0.15) is 13.2 Å². The van der Waals surface area contributed by atoms with Crippen LogP contribution in [0, 0.1) is 0 Å². The van der Waals surface area contributed by atoms with E-state index in [4.69, 9.17) is 5.11 Å². The molecule has 0 aromatic heterocycles. The number of rotatable bonds is 2. The molecule has 1 saturated heterocycles. The Morgan fingerprint density at radius 3 is 2.60 bits per heavy atom. The average Bonchev–Trinajstić information content (AvgIpc) is 2.15. The Hall–Kier alpha value is -0.780. The first kappa shape index (κ1) is 12.3. The summed E-state index contributed by atoms with van der Waals surface area (Å²) in [6.07, 6.45) is -3.75. The Bertz CT molecular complexity index is 230. The van der Waals surface area contributed by atoms with Crippen LogP contribution in [0.1, 0.15) is 25.7 Å². The van der Waals surface area contributed by atoms with Crippen molar-refractivity contribution in [3.05, 3.63) is 0 Å². The van der Waals surface area contributed by atoms with Gasteiger partial charge in [0.15, 0.2) is 0 Å². The Labute approximate surface area is 85.9 Å². The highest BCUT2D eigenvalue weighted by molar-refractivity contribution is 5.77. The Morgan fingerprint density at radius 2 is 2.07 bits per heavy atom. The van der Waals surface area contributed by atoms with Gasteiger partial charge in [0.1, 0.15) is 6.42 Å². The molecule has 1 fully saturated rings. The SMILES string of the molecule is O=C(CC(F)(F)F)N1CCCCC1CO. The van der Waals surface area contributed by atoms with E-state index in [1.165, 1.54) is 0 Å². The Balaban J connectivity index is 2.56. The van der Waals surface area contributed by atoms with E-state index in [1.54, 1.807) is 0 Å². The maximum Gasteiger partial charge on any atom is 0.397 e. The molecule has 1 unspecified atom stereocenters. The fourth-order valence-corrected chi connectivity index (χ4v) is 1.79. The van der Waals surface area contributed by atoms with Gasteiger partial charge >= 0.3 is 6.18 Å². The van der Waals surface area contributed by atoms with Gasteiger partial charge in [-0.3, -0.25) is 4.79 Å². The van der Waals surface area contributed by atoms with Gasteiger partial charge in [-0.1, -0.05) is 0 Å². The Kier molecular flexibility index (Phi) is 3.96. The topological polar surface area (TPSA) is 40.5 Å². The first-order chi connectivity index (χ1) is 6.94. The number of aliphatic hydroxyl groups excluding tert-OH is 1. The summed E-state index contributed by atoms with van der Waals surface area (Å²) >= 11 is 0. The van der Waals surface area contributed by atoms with Crippen molar-refractivity contribution >= 4 is 5.91 Å². The minimum Gasteiger partial charge on any atom is -0.394 e. The number of carbonyl (C=O) groups excluding carboxylic acids is 1. The van der Waals surface area contributed by atoms with E-state index in [0.717, 1.165) is 11.3 Å². The number of amides is 1. The third kappa shape index (κ3) is 3.70. The molecular weight excluding hydrogens is 211 g/mol. The second kappa shape index (κ2) is 4.83. The lowest BCUT2D eigenvalue weighted by molar-refractivity contribution is -0.164. The van der Waals surface area contributed by atoms with Crippen molar-refractivity contribution in [1.82, 2.24) is 4.90 Å². The normalized spacial score (nSPS) is 22.9. The van der Waals surface area contributed by atoms with Crippen LogP contribution in [0.2, 0.25) is 0 Å². The summed E-state index contributed by atoms with van der Waals surface area (Å²) in [5.74, 6) is -0.929. The van der Waals surface area contributed by atoms with Crippen LogP contribution in [-0.2, 0) is 4.79 Å². The van der Waals surface area contributed by atoms with Crippen LogP contribution in [0.15, 0.2) is 0 Å². The van der Waals surface area contributed by atoms with E-state index >= 15 is 0 Å². The summed E-state index contributed by atoms with van der Waals surface area (Å²) in [7, 11) is 0. The van der Waals surface area contributed by atoms with Gasteiger partial charge < -0.3 is 10.0 Å². The molecule has 0 aromatic carbocycles. The largest absolute Gasteiger partial charge is 0.397 e. The zero-order valence-electron chi connectivity index (χ0n) is 8.26. The summed E-state index contributed by atoms with van der Waals surface area (Å²) in [4.78, 5) is 12.4. The van der Waals surface area contributed by atoms with Crippen LogP contribution in [0.5, 0.6) is 0 Å². The predicted molar refractivity (Wildman–Crippen MR) is 47.1 cm³/mol. The average molecular weight is 225 g/mol. The monoisotopic (exact) mass is 225 g/mol. The minimum atomic E-state index is -4.46. The second-order valence-electron chi connectivity index (χ2n) is 3.71. The summed E-state index contributed by atoms with van der Waals surface area (Å²) in [5.41, 5.74) is 0. The zero-order valence-corrected chi connectivity index (χ0v) is 8.26. The number of alkyl halides is 3. The molecule has 0 radical (unpaired) electrons. The van der Waals surface area contributed by atoms with Crippen molar-refractivity contribution in [2.24, 2.45) is 0 Å². The number of halogens is 3. The quantitative estimate of drug-likeness (QED) is 0.769. The van der Waals surface area contributed by atoms with Crippen molar-refractivity contribution in [2.45, 2.75) is 37.9 Å². The van der Waals surface area contributed by atoms with Gasteiger partial charge in [-0.15, -0.1) is 0 Å². The third-order valence-corrected chi connectivity index (χ3v) is 2.51. The van der Waals surface area contributed by atoms with E-state index in [-0.39, 0.29) is 6.61 Å². The van der Waals surface area contributed by atoms with Gasteiger partial charge in [0.05, 0.1) is 12.6 Å². The van der Waals surface area contributed by atoms with Crippen molar-refractivity contribution in [2.75, 3.05) is 13.2 Å². The zero-order chi connectivity index (χ0) is 11.5. The second-order valence-corrected chi connectivity index (χ2v) is 3.71. The van der Waals surface area contributed by atoms with E-state index in [1.807, 2.05) is 0 Å². The molecule has 0 bridgehead atoms. The van der Waals surface area contributed by atoms with Gasteiger partial charge in [0.2, 0.25) is 5.91 Å². The van der Waals surface area contributed by atoms with Crippen LogP contribution >= 0.6 is 0 Å². The molecule has 1 rings (SSSR count). The molecule has 0 saturated carbocycles. The highest BCUT2D eigenvalue weighted by atomic mass is 19.4. The van der Waals surface area contributed by atoms with Gasteiger partial charge in [-0.25, -0.2) is 0 Å². The molecule has 6 heteroatoms. The van der Waals surface area contributed by atoms with Crippen molar-refractivity contribution in [3.8, 4) is 0 Å². The number of aliphatic hydroxyl groups is 1. The molecule has 15 heavy (non-hydrogen) atoms. The van der Waals surface area contributed by atoms with Crippen LogP contribution in [0.25, 0.3) is 0 Å². The molecule has 0 spiro atoms. The molecule has 88 valence electrons. The number of piperidine rings is 1. The van der Waals surface area contributed by atoms with Gasteiger partial charge in [0, 0.05) is 6.54 Å². The van der Waals surface area contributed by atoms with Crippen LogP contribution in [0.4, 0.5) is 13.2 Å². The van der Waals surface area contributed by atoms with Crippen molar-refractivity contribution in [3.63, 3.8) is 0 Å². The molecule has 0 aromatic rings. The highest BCUT2D eigenvalue weighted by Crippen LogP contribution is 2.24.